The average Bonchev–Trinajstić information content (AvgIpc) is 2.66. The highest BCUT2D eigenvalue weighted by atomic mass is 16.5. The Labute approximate surface area is 189 Å². The maximum atomic E-state index is 6.35. The lowest BCUT2D eigenvalue weighted by atomic mass is 9.90. The van der Waals surface area contributed by atoms with E-state index in [0.29, 0.717) is 24.9 Å². The molecule has 0 amide bonds. The van der Waals surface area contributed by atoms with Crippen molar-refractivity contribution in [1.29, 1.82) is 0 Å². The Hall–Kier alpha value is -1.54. The molecule has 172 valence electrons. The van der Waals surface area contributed by atoms with Crippen LogP contribution >= 0.6 is 0 Å². The molecule has 1 saturated heterocycles. The summed E-state index contributed by atoms with van der Waals surface area (Å²) in [4.78, 5) is 2.45. The lowest BCUT2D eigenvalue weighted by Crippen LogP contribution is -2.44. The van der Waals surface area contributed by atoms with Gasteiger partial charge >= 0.3 is 0 Å². The van der Waals surface area contributed by atoms with Crippen molar-refractivity contribution in [1.82, 2.24) is 0 Å². The molecule has 0 atom stereocenters. The summed E-state index contributed by atoms with van der Waals surface area (Å²) >= 11 is 0. The first kappa shape index (κ1) is 24.1. The van der Waals surface area contributed by atoms with Gasteiger partial charge in [0.25, 0.3) is 0 Å². The van der Waals surface area contributed by atoms with Crippen LogP contribution in [0, 0.1) is 17.3 Å². The van der Waals surface area contributed by atoms with E-state index in [1.807, 2.05) is 20.8 Å². The van der Waals surface area contributed by atoms with Crippen LogP contribution in [0.1, 0.15) is 72.8 Å². The van der Waals surface area contributed by atoms with Gasteiger partial charge in [-0.1, -0.05) is 38.7 Å². The maximum Gasteiger partial charge on any atom is 0.108 e. The van der Waals surface area contributed by atoms with Crippen LogP contribution in [-0.4, -0.2) is 50.2 Å². The fraction of sp³-hybridized carbons (Fsp3) is 0.704. The van der Waals surface area contributed by atoms with Crippen LogP contribution in [0.5, 0.6) is 0 Å². The summed E-state index contributed by atoms with van der Waals surface area (Å²) in [6.07, 6.45) is 5.42. The molecule has 0 bridgehead atoms. The Morgan fingerprint density at radius 3 is 2.32 bits per heavy atom. The van der Waals surface area contributed by atoms with Gasteiger partial charge in [0.1, 0.15) is 6.61 Å². The molecular formula is C27H41NO3. The van der Waals surface area contributed by atoms with Crippen LogP contribution in [0.3, 0.4) is 0 Å². The predicted octanol–water partition coefficient (Wildman–Crippen LogP) is 5.43. The van der Waals surface area contributed by atoms with Crippen LogP contribution in [-0.2, 0) is 14.2 Å². The second-order valence-corrected chi connectivity index (χ2v) is 11.2. The van der Waals surface area contributed by atoms with Crippen molar-refractivity contribution in [3.63, 3.8) is 0 Å². The van der Waals surface area contributed by atoms with Crippen molar-refractivity contribution >= 4 is 5.69 Å². The Kier molecular flexibility index (Phi) is 8.08. The van der Waals surface area contributed by atoms with E-state index >= 15 is 0 Å². The molecule has 3 rings (SSSR count). The van der Waals surface area contributed by atoms with Crippen molar-refractivity contribution in [2.75, 3.05) is 31.2 Å². The minimum atomic E-state index is -0.150. The van der Waals surface area contributed by atoms with Gasteiger partial charge in [-0.3, -0.25) is 0 Å². The zero-order chi connectivity index (χ0) is 22.5. The minimum absolute atomic E-state index is 0.150. The molecule has 2 aliphatic rings. The second kappa shape index (κ2) is 10.4. The zero-order valence-corrected chi connectivity index (χ0v) is 20.4. The summed E-state index contributed by atoms with van der Waals surface area (Å²) in [5.74, 6) is 6.36. The van der Waals surface area contributed by atoms with E-state index in [9.17, 15) is 0 Å². The topological polar surface area (TPSA) is 30.9 Å². The molecule has 2 fully saturated rings. The van der Waals surface area contributed by atoms with E-state index in [1.54, 1.807) is 0 Å². The fourth-order valence-electron chi connectivity index (χ4n) is 3.83. The van der Waals surface area contributed by atoms with E-state index in [4.69, 9.17) is 14.2 Å². The lowest BCUT2D eigenvalue weighted by Gasteiger charge is -2.41. The van der Waals surface area contributed by atoms with Gasteiger partial charge in [0.05, 0.1) is 30.5 Å². The molecule has 1 aromatic carbocycles. The van der Waals surface area contributed by atoms with Gasteiger partial charge < -0.3 is 19.1 Å². The van der Waals surface area contributed by atoms with Crippen molar-refractivity contribution in [3.05, 3.63) is 29.8 Å². The highest BCUT2D eigenvalue weighted by Gasteiger charge is 2.34. The molecule has 0 N–H and O–H groups in total. The van der Waals surface area contributed by atoms with Gasteiger partial charge in [-0.2, -0.15) is 0 Å². The third-order valence-corrected chi connectivity index (χ3v) is 5.65. The largest absolute Gasteiger partial charge is 0.377 e. The summed E-state index contributed by atoms with van der Waals surface area (Å²) in [6.45, 7) is 16.2. The van der Waals surface area contributed by atoms with Gasteiger partial charge in [-0.05, 0) is 70.1 Å². The number of hydrogen-bond donors (Lipinski definition) is 0. The first-order valence-electron chi connectivity index (χ1n) is 11.8. The summed E-state index contributed by atoms with van der Waals surface area (Å²) in [7, 11) is 0. The lowest BCUT2D eigenvalue weighted by molar-refractivity contribution is -0.137. The maximum absolute atomic E-state index is 6.35. The summed E-state index contributed by atoms with van der Waals surface area (Å²) in [6, 6.07) is 8.53. The number of nitrogens with zero attached hydrogens (tertiary/aromatic N) is 1. The van der Waals surface area contributed by atoms with E-state index in [0.717, 1.165) is 50.9 Å². The second-order valence-electron chi connectivity index (χ2n) is 11.2. The molecule has 0 radical (unpaired) electrons. The molecule has 1 saturated carbocycles. The molecule has 1 aromatic rings. The minimum Gasteiger partial charge on any atom is -0.377 e. The summed E-state index contributed by atoms with van der Waals surface area (Å²) < 4.78 is 18.0. The standard InChI is InChI=1S/C27H41NO3/c1-26(2,3)20-29-24-18-25(19-24)31-23-12-14-28(15-13-23)22-11-7-9-21(17-22)10-8-16-30-27(4,5)6/h7,9,11,17,23-25H,12-16,18-20H2,1-6H3. The van der Waals surface area contributed by atoms with E-state index < -0.39 is 0 Å². The Bertz CT molecular complexity index is 751. The number of piperidine rings is 1. The monoisotopic (exact) mass is 427 g/mol. The number of rotatable bonds is 6. The molecular weight excluding hydrogens is 386 g/mol. The van der Waals surface area contributed by atoms with E-state index in [2.05, 4.69) is 61.8 Å². The normalized spacial score (nSPS) is 22.6. The molecule has 0 aromatic heterocycles. The SMILES string of the molecule is CC(C)(C)COC1CC(OC2CCN(c3cccc(C#CCOC(C)(C)C)c3)CC2)C1. The Morgan fingerprint density at radius 1 is 0.968 bits per heavy atom. The van der Waals surface area contributed by atoms with Gasteiger partial charge in [0, 0.05) is 24.3 Å². The van der Waals surface area contributed by atoms with Crippen LogP contribution in [0.4, 0.5) is 5.69 Å². The third-order valence-electron chi connectivity index (χ3n) is 5.65. The van der Waals surface area contributed by atoms with Gasteiger partial charge in [0.2, 0.25) is 0 Å². The molecule has 0 spiro atoms. The van der Waals surface area contributed by atoms with Crippen molar-refractivity contribution in [2.45, 2.75) is 91.1 Å². The third kappa shape index (κ3) is 8.48. The smallest absolute Gasteiger partial charge is 0.108 e. The van der Waals surface area contributed by atoms with Crippen molar-refractivity contribution in [2.24, 2.45) is 5.41 Å². The van der Waals surface area contributed by atoms with E-state index in [-0.39, 0.29) is 11.0 Å². The van der Waals surface area contributed by atoms with Gasteiger partial charge in [0.15, 0.2) is 0 Å². The van der Waals surface area contributed by atoms with Crippen LogP contribution in [0.15, 0.2) is 24.3 Å². The highest BCUT2D eigenvalue weighted by molar-refractivity contribution is 5.52. The van der Waals surface area contributed by atoms with E-state index in [1.165, 1.54) is 5.69 Å². The van der Waals surface area contributed by atoms with Crippen LogP contribution < -0.4 is 4.90 Å². The fourth-order valence-corrected chi connectivity index (χ4v) is 3.83. The van der Waals surface area contributed by atoms with Crippen LogP contribution in [0.25, 0.3) is 0 Å². The molecule has 0 unspecified atom stereocenters. The number of anilines is 1. The summed E-state index contributed by atoms with van der Waals surface area (Å²) in [5, 5.41) is 0. The average molecular weight is 428 g/mol. The first-order chi connectivity index (χ1) is 14.6. The van der Waals surface area contributed by atoms with Crippen LogP contribution in [0.2, 0.25) is 0 Å². The first-order valence-corrected chi connectivity index (χ1v) is 11.8. The number of ether oxygens (including phenoxy) is 3. The van der Waals surface area contributed by atoms with Crippen molar-refractivity contribution < 1.29 is 14.2 Å². The number of benzene rings is 1. The quantitative estimate of drug-likeness (QED) is 0.566. The highest BCUT2D eigenvalue weighted by Crippen LogP contribution is 2.31. The Balaban J connectivity index is 1.39. The number of hydrogen-bond acceptors (Lipinski definition) is 4. The molecule has 4 heteroatoms. The van der Waals surface area contributed by atoms with Crippen molar-refractivity contribution in [3.8, 4) is 11.8 Å². The molecule has 1 aliphatic carbocycles. The molecule has 1 aliphatic heterocycles. The predicted molar refractivity (Wildman–Crippen MR) is 128 cm³/mol. The zero-order valence-electron chi connectivity index (χ0n) is 20.4. The molecule has 1 heterocycles. The van der Waals surface area contributed by atoms with Gasteiger partial charge in [-0.25, -0.2) is 0 Å². The molecule has 31 heavy (non-hydrogen) atoms. The Morgan fingerprint density at radius 2 is 1.68 bits per heavy atom. The molecule has 4 nitrogen and oxygen atoms in total. The summed E-state index contributed by atoms with van der Waals surface area (Å²) in [5.41, 5.74) is 2.38. The van der Waals surface area contributed by atoms with Gasteiger partial charge in [-0.15, -0.1) is 0 Å².